The Hall–Kier alpha value is -4.41. The van der Waals surface area contributed by atoms with Crippen molar-refractivity contribution in [1.29, 1.82) is 0 Å². The van der Waals surface area contributed by atoms with Gasteiger partial charge in [-0.1, -0.05) is 35.5 Å². The summed E-state index contributed by atoms with van der Waals surface area (Å²) in [5.41, 5.74) is -5.50. The number of thiophene rings is 1. The van der Waals surface area contributed by atoms with Gasteiger partial charge in [-0.3, -0.25) is 14.4 Å². The van der Waals surface area contributed by atoms with Gasteiger partial charge in [-0.15, -0.1) is 16.4 Å². The maximum Gasteiger partial charge on any atom is 0.430 e. The van der Waals surface area contributed by atoms with Crippen LogP contribution < -0.4 is 10.2 Å². The first kappa shape index (κ1) is 32.5. The van der Waals surface area contributed by atoms with E-state index >= 15 is 4.39 Å². The Balaban J connectivity index is 1.39. The van der Waals surface area contributed by atoms with Crippen molar-refractivity contribution in [1.82, 2.24) is 25.3 Å². The molecule has 0 bridgehead atoms. The molecule has 16 heteroatoms. The Morgan fingerprint density at radius 3 is 2.32 bits per heavy atom. The molecule has 2 N–H and O–H groups in total. The number of anilines is 1. The molecule has 1 aliphatic rings. The van der Waals surface area contributed by atoms with E-state index < -0.39 is 41.3 Å². The molecule has 1 aliphatic heterocycles. The normalized spacial score (nSPS) is 16.1. The van der Waals surface area contributed by atoms with Crippen LogP contribution >= 0.6 is 11.3 Å². The molecule has 0 spiro atoms. The predicted molar refractivity (Wildman–Crippen MR) is 160 cm³/mol. The number of aromatic nitrogens is 4. The van der Waals surface area contributed by atoms with E-state index in [0.29, 0.717) is 51.3 Å². The molecule has 2 aromatic carbocycles. The molecule has 0 saturated carbocycles. The Morgan fingerprint density at radius 2 is 1.72 bits per heavy atom. The van der Waals surface area contributed by atoms with Crippen LogP contribution in [0.25, 0.3) is 31.8 Å². The molecule has 5 aromatic rings. The van der Waals surface area contributed by atoms with E-state index in [-0.39, 0.29) is 16.9 Å². The number of alkyl halides is 6. The first-order valence-electron chi connectivity index (χ1n) is 14.2. The molecular formula is C31H25F7N6O2S. The molecule has 0 unspecified atom stereocenters. The number of benzene rings is 2. The van der Waals surface area contributed by atoms with Crippen LogP contribution in [0.1, 0.15) is 28.8 Å². The summed E-state index contributed by atoms with van der Waals surface area (Å²) in [4.78, 5) is 20.5. The number of amides is 1. The lowest BCUT2D eigenvalue weighted by molar-refractivity contribution is -0.376. The average molecular weight is 679 g/mol. The van der Waals surface area contributed by atoms with Crippen LogP contribution in [0.4, 0.5) is 36.6 Å². The van der Waals surface area contributed by atoms with Crippen molar-refractivity contribution < 1.29 is 40.6 Å². The number of carbonyl (C=O) groups excluding carboxylic acids is 1. The van der Waals surface area contributed by atoms with Crippen LogP contribution in [0.2, 0.25) is 0 Å². The van der Waals surface area contributed by atoms with Gasteiger partial charge in [-0.05, 0) is 49.2 Å². The maximum atomic E-state index is 15.5. The van der Waals surface area contributed by atoms with E-state index in [1.807, 2.05) is 0 Å². The molecule has 1 atom stereocenters. The standard InChI is InChI=1S/C31H25F7N6O2S/c1-43-16-24(41-42-43)18-6-9-21(23(32)13-18)28(45)44(20-3-2-11-39-15-20)27-22-14-26(47-25(22)10-12-40-27)17-4-7-19(8-5-17)29(46,30(33,34)35)31(36,37)38/h4-10,12-14,16,20,39,46H,2-3,11,15H2,1H3/t20-/m1/s1. The predicted octanol–water partition coefficient (Wildman–Crippen LogP) is 6.61. The minimum Gasteiger partial charge on any atom is -0.369 e. The third-order valence-corrected chi connectivity index (χ3v) is 9.16. The third kappa shape index (κ3) is 5.85. The molecule has 3 aromatic heterocycles. The van der Waals surface area contributed by atoms with E-state index in [4.69, 9.17) is 0 Å². The number of carbonyl (C=O) groups is 1. The summed E-state index contributed by atoms with van der Waals surface area (Å²) in [6.45, 7) is 1.14. The van der Waals surface area contributed by atoms with Gasteiger partial charge in [0, 0.05) is 45.9 Å². The fourth-order valence-corrected chi connectivity index (χ4v) is 6.65. The summed E-state index contributed by atoms with van der Waals surface area (Å²) < 4.78 is 98.0. The SMILES string of the molecule is Cn1cc(-c2ccc(C(=O)N(c3nccc4sc(-c5ccc(C(O)(C(F)(F)F)C(F)(F)F)cc5)cc34)[C@@H]3CCCNC3)c(F)c2)nn1. The number of nitrogens with zero attached hydrogens (tertiary/aromatic N) is 5. The van der Waals surface area contributed by atoms with Gasteiger partial charge in [0.1, 0.15) is 17.3 Å². The van der Waals surface area contributed by atoms with Crippen molar-refractivity contribution in [2.24, 2.45) is 7.05 Å². The average Bonchev–Trinajstić information content (AvgIpc) is 3.67. The summed E-state index contributed by atoms with van der Waals surface area (Å²) in [6.07, 6.45) is -7.61. The second-order valence-electron chi connectivity index (χ2n) is 11.1. The number of hydrogen-bond acceptors (Lipinski definition) is 7. The molecule has 1 amide bonds. The topological polar surface area (TPSA) is 96.2 Å². The highest BCUT2D eigenvalue weighted by Crippen LogP contribution is 2.50. The van der Waals surface area contributed by atoms with E-state index in [1.165, 1.54) is 39.2 Å². The van der Waals surface area contributed by atoms with Crippen molar-refractivity contribution >= 4 is 33.1 Å². The maximum absolute atomic E-state index is 15.5. The summed E-state index contributed by atoms with van der Waals surface area (Å²) in [7, 11) is 1.67. The van der Waals surface area contributed by atoms with Crippen molar-refractivity contribution in [3.8, 4) is 21.7 Å². The summed E-state index contributed by atoms with van der Waals surface area (Å²) in [5.74, 6) is -1.19. The molecule has 0 aliphatic carbocycles. The molecule has 8 nitrogen and oxygen atoms in total. The Bertz CT molecular complexity index is 1920. The highest BCUT2D eigenvalue weighted by molar-refractivity contribution is 7.22. The fraction of sp³-hybridized carbons (Fsp3) is 0.290. The second-order valence-corrected chi connectivity index (χ2v) is 12.2. The number of pyridine rings is 1. The van der Waals surface area contributed by atoms with Gasteiger partial charge in [0.05, 0.1) is 17.8 Å². The lowest BCUT2D eigenvalue weighted by Crippen LogP contribution is -2.53. The Kier molecular flexibility index (Phi) is 8.30. The van der Waals surface area contributed by atoms with Crippen LogP contribution in [0, 0.1) is 5.82 Å². The van der Waals surface area contributed by atoms with E-state index in [0.717, 1.165) is 25.1 Å². The third-order valence-electron chi connectivity index (χ3n) is 8.01. The summed E-state index contributed by atoms with van der Waals surface area (Å²) in [5, 5.41) is 21.3. The number of rotatable bonds is 6. The van der Waals surface area contributed by atoms with Gasteiger partial charge >= 0.3 is 12.4 Å². The summed E-state index contributed by atoms with van der Waals surface area (Å²) >= 11 is 1.18. The van der Waals surface area contributed by atoms with Gasteiger partial charge in [0.25, 0.3) is 11.5 Å². The van der Waals surface area contributed by atoms with Crippen LogP contribution in [0.5, 0.6) is 0 Å². The van der Waals surface area contributed by atoms with E-state index in [2.05, 4.69) is 20.6 Å². The quantitative estimate of drug-likeness (QED) is 0.197. The number of fused-ring (bicyclic) bond motifs is 1. The largest absolute Gasteiger partial charge is 0.430 e. The first-order chi connectivity index (χ1) is 22.2. The zero-order valence-corrected chi connectivity index (χ0v) is 25.2. The molecule has 47 heavy (non-hydrogen) atoms. The van der Waals surface area contributed by atoms with Crippen molar-refractivity contribution in [2.75, 3.05) is 18.0 Å². The van der Waals surface area contributed by atoms with Gasteiger partial charge in [0.2, 0.25) is 0 Å². The van der Waals surface area contributed by atoms with Crippen molar-refractivity contribution in [3.63, 3.8) is 0 Å². The number of piperidine rings is 1. The zero-order chi connectivity index (χ0) is 33.7. The minimum absolute atomic E-state index is 0.199. The lowest BCUT2D eigenvalue weighted by atomic mass is 9.91. The van der Waals surface area contributed by atoms with Gasteiger partial charge < -0.3 is 10.4 Å². The number of aliphatic hydroxyl groups is 1. The van der Waals surface area contributed by atoms with Gasteiger partial charge in [-0.25, -0.2) is 9.37 Å². The number of hydrogen-bond donors (Lipinski definition) is 2. The Morgan fingerprint density at radius 1 is 1.02 bits per heavy atom. The lowest BCUT2D eigenvalue weighted by Gasteiger charge is -2.34. The number of halogens is 7. The minimum atomic E-state index is -6.01. The molecule has 0 radical (unpaired) electrons. The highest BCUT2D eigenvalue weighted by atomic mass is 32.1. The summed E-state index contributed by atoms with van der Waals surface area (Å²) in [6, 6.07) is 10.3. The van der Waals surface area contributed by atoms with Gasteiger partial charge in [-0.2, -0.15) is 26.3 Å². The van der Waals surface area contributed by atoms with Crippen LogP contribution in [-0.4, -0.2) is 62.5 Å². The van der Waals surface area contributed by atoms with Crippen molar-refractivity contribution in [2.45, 2.75) is 36.8 Å². The van der Waals surface area contributed by atoms with E-state index in [9.17, 15) is 36.2 Å². The molecule has 4 heterocycles. The number of nitrogens with one attached hydrogen (secondary N) is 1. The Labute approximate surface area is 266 Å². The number of aryl methyl sites for hydroxylation is 1. The van der Waals surface area contributed by atoms with Crippen LogP contribution in [-0.2, 0) is 12.6 Å². The van der Waals surface area contributed by atoms with Crippen molar-refractivity contribution in [3.05, 3.63) is 83.9 Å². The molecule has 1 saturated heterocycles. The second kappa shape index (κ2) is 12.0. The molecule has 1 fully saturated rings. The van der Waals surface area contributed by atoms with Crippen LogP contribution in [0.3, 0.4) is 0 Å². The first-order valence-corrected chi connectivity index (χ1v) is 15.1. The van der Waals surface area contributed by atoms with Gasteiger partial charge in [0.15, 0.2) is 0 Å². The fourth-order valence-electron chi connectivity index (χ4n) is 5.59. The smallest absolute Gasteiger partial charge is 0.369 e. The monoisotopic (exact) mass is 678 g/mol. The highest BCUT2D eigenvalue weighted by Gasteiger charge is 2.71. The molecule has 6 rings (SSSR count). The zero-order valence-electron chi connectivity index (χ0n) is 24.4. The van der Waals surface area contributed by atoms with Crippen LogP contribution in [0.15, 0.2) is 67.0 Å². The van der Waals surface area contributed by atoms with E-state index in [1.54, 1.807) is 31.4 Å². The molecule has 246 valence electrons. The molecular weight excluding hydrogens is 653 g/mol.